The van der Waals surface area contributed by atoms with Crippen LogP contribution in [0.5, 0.6) is 0 Å². The van der Waals surface area contributed by atoms with Crippen LogP contribution >= 0.6 is 15.9 Å². The fraction of sp³-hybridized carbons (Fsp3) is 0.182. The van der Waals surface area contributed by atoms with E-state index in [-0.39, 0.29) is 5.69 Å². The summed E-state index contributed by atoms with van der Waals surface area (Å²) in [7, 11) is 0. The maximum absolute atomic E-state index is 10.8. The molecule has 1 heterocycles. The van der Waals surface area contributed by atoms with E-state index in [1.54, 1.807) is 24.5 Å². The van der Waals surface area contributed by atoms with Crippen LogP contribution in [0.25, 0.3) is 0 Å². The number of aromatic amines is 1. The molecule has 2 N–H and O–H groups in total. The van der Waals surface area contributed by atoms with Gasteiger partial charge in [0.2, 0.25) is 0 Å². The molecule has 0 spiro atoms. The summed E-state index contributed by atoms with van der Waals surface area (Å²) >= 11 is 3.16. The van der Waals surface area contributed by atoms with Crippen LogP contribution in [0, 0.1) is 10.1 Å². The number of hydrogen-bond donors (Lipinski definition) is 2. The number of nitro groups is 1. The third kappa shape index (κ3) is 3.14. The van der Waals surface area contributed by atoms with E-state index in [1.807, 2.05) is 6.07 Å². The number of H-pyrrole nitrogens is 1. The fourth-order valence-corrected chi connectivity index (χ4v) is 1.92. The summed E-state index contributed by atoms with van der Waals surface area (Å²) in [5.74, 6) is 0. The van der Waals surface area contributed by atoms with E-state index < -0.39 is 4.92 Å². The van der Waals surface area contributed by atoms with E-state index in [4.69, 9.17) is 0 Å². The number of hydrogen-bond acceptors (Lipinski definition) is 4. The van der Waals surface area contributed by atoms with Gasteiger partial charge in [-0.3, -0.25) is 15.2 Å². The number of benzene rings is 1. The molecule has 0 saturated heterocycles. The highest BCUT2D eigenvalue weighted by Gasteiger charge is 2.11. The van der Waals surface area contributed by atoms with E-state index in [0.29, 0.717) is 17.6 Å². The summed E-state index contributed by atoms with van der Waals surface area (Å²) in [4.78, 5) is 10.4. The zero-order valence-corrected chi connectivity index (χ0v) is 11.0. The van der Waals surface area contributed by atoms with Gasteiger partial charge in [0.1, 0.15) is 0 Å². The Balaban J connectivity index is 1.97. The number of halogens is 1. The third-order valence-corrected chi connectivity index (χ3v) is 3.09. The van der Waals surface area contributed by atoms with Crippen LogP contribution in [0.1, 0.15) is 11.1 Å². The van der Waals surface area contributed by atoms with Crippen LogP contribution in [-0.2, 0) is 13.1 Å². The van der Waals surface area contributed by atoms with Gasteiger partial charge < -0.3 is 5.32 Å². The molecule has 0 unspecified atom stereocenters. The minimum atomic E-state index is -0.399. The quantitative estimate of drug-likeness (QED) is 0.656. The minimum absolute atomic E-state index is 0.0811. The monoisotopic (exact) mass is 310 g/mol. The van der Waals surface area contributed by atoms with Gasteiger partial charge in [-0.25, -0.2) is 0 Å². The van der Waals surface area contributed by atoms with Crippen molar-refractivity contribution in [2.45, 2.75) is 13.1 Å². The predicted molar refractivity (Wildman–Crippen MR) is 69.9 cm³/mol. The Morgan fingerprint density at radius 3 is 2.83 bits per heavy atom. The number of aromatic nitrogens is 2. The Hall–Kier alpha value is -1.73. The second-order valence-corrected chi connectivity index (χ2v) is 4.61. The van der Waals surface area contributed by atoms with Gasteiger partial charge in [0.15, 0.2) is 0 Å². The molecule has 0 amide bonds. The van der Waals surface area contributed by atoms with Gasteiger partial charge in [-0.15, -0.1) is 0 Å². The third-order valence-electron chi connectivity index (χ3n) is 2.42. The number of nitro benzene ring substituents is 1. The maximum atomic E-state index is 10.8. The van der Waals surface area contributed by atoms with Gasteiger partial charge in [-0.05, 0) is 27.6 Å². The molecule has 0 aliphatic carbocycles. The Morgan fingerprint density at radius 1 is 1.39 bits per heavy atom. The standard InChI is InChI=1S/C11H11BrN4O2/c12-10-2-1-8(3-11(10)16(17)18)4-13-5-9-6-14-15-7-9/h1-3,6-7,13H,4-5H2,(H,14,15). The van der Waals surface area contributed by atoms with Crippen molar-refractivity contribution in [2.24, 2.45) is 0 Å². The summed E-state index contributed by atoms with van der Waals surface area (Å²) in [6.45, 7) is 1.24. The van der Waals surface area contributed by atoms with E-state index in [9.17, 15) is 10.1 Å². The maximum Gasteiger partial charge on any atom is 0.283 e. The SMILES string of the molecule is O=[N+]([O-])c1cc(CNCc2cn[nH]c2)ccc1Br. The molecule has 0 radical (unpaired) electrons. The summed E-state index contributed by atoms with van der Waals surface area (Å²) < 4.78 is 0.492. The number of rotatable bonds is 5. The molecule has 7 heteroatoms. The molecule has 94 valence electrons. The van der Waals surface area contributed by atoms with Crippen molar-refractivity contribution in [3.63, 3.8) is 0 Å². The summed E-state index contributed by atoms with van der Waals surface area (Å²) in [6, 6.07) is 5.10. The molecule has 0 aliphatic rings. The highest BCUT2D eigenvalue weighted by molar-refractivity contribution is 9.10. The largest absolute Gasteiger partial charge is 0.308 e. The summed E-state index contributed by atoms with van der Waals surface area (Å²) in [5.41, 5.74) is 1.99. The van der Waals surface area contributed by atoms with Gasteiger partial charge in [-0.1, -0.05) is 6.07 Å². The Bertz CT molecular complexity index is 542. The molecule has 0 fully saturated rings. The molecule has 0 saturated carbocycles. The first-order valence-corrected chi connectivity index (χ1v) is 6.07. The molecule has 18 heavy (non-hydrogen) atoms. The van der Waals surface area contributed by atoms with Crippen LogP contribution in [0.15, 0.2) is 35.1 Å². The highest BCUT2D eigenvalue weighted by atomic mass is 79.9. The lowest BCUT2D eigenvalue weighted by Gasteiger charge is -2.04. The Kier molecular flexibility index (Phi) is 4.06. The molecular formula is C11H11BrN4O2. The first-order valence-electron chi connectivity index (χ1n) is 5.28. The molecular weight excluding hydrogens is 300 g/mol. The lowest BCUT2D eigenvalue weighted by Crippen LogP contribution is -2.12. The van der Waals surface area contributed by atoms with E-state index in [2.05, 4.69) is 31.4 Å². The zero-order valence-electron chi connectivity index (χ0n) is 9.39. The average Bonchev–Trinajstić information content (AvgIpc) is 2.84. The fourth-order valence-electron chi connectivity index (χ4n) is 1.53. The van der Waals surface area contributed by atoms with Gasteiger partial charge in [0.05, 0.1) is 15.6 Å². The number of nitrogens with one attached hydrogen (secondary N) is 2. The van der Waals surface area contributed by atoms with Crippen LogP contribution in [-0.4, -0.2) is 15.1 Å². The van der Waals surface area contributed by atoms with Crippen molar-refractivity contribution >= 4 is 21.6 Å². The van der Waals surface area contributed by atoms with Crippen LogP contribution in [0.2, 0.25) is 0 Å². The van der Waals surface area contributed by atoms with Crippen molar-refractivity contribution in [1.82, 2.24) is 15.5 Å². The lowest BCUT2D eigenvalue weighted by molar-refractivity contribution is -0.385. The van der Waals surface area contributed by atoms with Crippen LogP contribution in [0.4, 0.5) is 5.69 Å². The molecule has 6 nitrogen and oxygen atoms in total. The van der Waals surface area contributed by atoms with Crippen molar-refractivity contribution in [1.29, 1.82) is 0 Å². The predicted octanol–water partition coefficient (Wildman–Crippen LogP) is 2.37. The van der Waals surface area contributed by atoms with E-state index >= 15 is 0 Å². The van der Waals surface area contributed by atoms with Crippen LogP contribution in [0.3, 0.4) is 0 Å². The molecule has 1 aromatic carbocycles. The topological polar surface area (TPSA) is 83.8 Å². The molecule has 2 aromatic rings. The summed E-state index contributed by atoms with van der Waals surface area (Å²) in [5, 5.41) is 20.5. The Labute approximate surface area is 112 Å². The van der Waals surface area contributed by atoms with Gasteiger partial charge in [0, 0.05) is 30.9 Å². The second-order valence-electron chi connectivity index (χ2n) is 3.75. The van der Waals surface area contributed by atoms with Crippen LogP contribution < -0.4 is 5.32 Å². The molecule has 1 aromatic heterocycles. The smallest absolute Gasteiger partial charge is 0.283 e. The van der Waals surface area contributed by atoms with Crippen molar-refractivity contribution in [2.75, 3.05) is 0 Å². The molecule has 0 bridgehead atoms. The van der Waals surface area contributed by atoms with Crippen molar-refractivity contribution < 1.29 is 4.92 Å². The molecule has 0 aliphatic heterocycles. The minimum Gasteiger partial charge on any atom is -0.308 e. The van der Waals surface area contributed by atoms with E-state index in [1.165, 1.54) is 0 Å². The van der Waals surface area contributed by atoms with Crippen molar-refractivity contribution in [3.05, 3.63) is 56.3 Å². The first kappa shape index (κ1) is 12.7. The van der Waals surface area contributed by atoms with Gasteiger partial charge in [-0.2, -0.15) is 5.10 Å². The first-order chi connectivity index (χ1) is 8.66. The van der Waals surface area contributed by atoms with E-state index in [0.717, 1.165) is 11.1 Å². The van der Waals surface area contributed by atoms with Gasteiger partial charge >= 0.3 is 0 Å². The highest BCUT2D eigenvalue weighted by Crippen LogP contribution is 2.25. The second kappa shape index (κ2) is 5.74. The van der Waals surface area contributed by atoms with Gasteiger partial charge in [0.25, 0.3) is 5.69 Å². The van der Waals surface area contributed by atoms with Crippen molar-refractivity contribution in [3.8, 4) is 0 Å². The molecule has 2 rings (SSSR count). The average molecular weight is 311 g/mol. The zero-order chi connectivity index (χ0) is 13.0. The molecule has 0 atom stereocenters. The normalized spacial score (nSPS) is 10.5. The number of nitrogens with zero attached hydrogens (tertiary/aromatic N) is 2. The Morgan fingerprint density at radius 2 is 2.17 bits per heavy atom. The lowest BCUT2D eigenvalue weighted by atomic mass is 10.2. The summed E-state index contributed by atoms with van der Waals surface area (Å²) in [6.07, 6.45) is 3.54.